The van der Waals surface area contributed by atoms with Crippen LogP contribution >= 0.6 is 0 Å². The van der Waals surface area contributed by atoms with E-state index in [2.05, 4.69) is 5.32 Å². The van der Waals surface area contributed by atoms with Gasteiger partial charge in [0.25, 0.3) is 0 Å². The smallest absolute Gasteiger partial charge is 0.237 e. The van der Waals surface area contributed by atoms with Crippen molar-refractivity contribution < 1.29 is 4.79 Å². The molecule has 4 fully saturated rings. The van der Waals surface area contributed by atoms with Gasteiger partial charge in [-0.15, -0.1) is 0 Å². The molecule has 0 aromatic rings. The van der Waals surface area contributed by atoms with Crippen LogP contribution in [0.1, 0.15) is 52.9 Å². The zero-order valence-electron chi connectivity index (χ0n) is 12.5. The van der Waals surface area contributed by atoms with Crippen molar-refractivity contribution in [3.8, 4) is 0 Å². The van der Waals surface area contributed by atoms with Gasteiger partial charge in [-0.1, -0.05) is 20.8 Å². The molecule has 4 aliphatic carbocycles. The second kappa shape index (κ2) is 4.47. The normalized spacial score (nSPS) is 42.2. The Morgan fingerprint density at radius 2 is 1.53 bits per heavy atom. The topological polar surface area (TPSA) is 55.1 Å². The highest BCUT2D eigenvalue weighted by atomic mass is 16.2. The lowest BCUT2D eigenvalue weighted by Gasteiger charge is -2.54. The summed E-state index contributed by atoms with van der Waals surface area (Å²) >= 11 is 0. The van der Waals surface area contributed by atoms with Crippen LogP contribution in [0.2, 0.25) is 0 Å². The Labute approximate surface area is 116 Å². The van der Waals surface area contributed by atoms with Gasteiger partial charge in [0.2, 0.25) is 5.91 Å². The van der Waals surface area contributed by atoms with Gasteiger partial charge < -0.3 is 11.1 Å². The maximum atomic E-state index is 12.3. The zero-order chi connectivity index (χ0) is 13.8. The molecule has 4 aliphatic rings. The van der Waals surface area contributed by atoms with Crippen molar-refractivity contribution in [2.75, 3.05) is 0 Å². The van der Waals surface area contributed by atoms with Gasteiger partial charge in [-0.25, -0.2) is 0 Å². The first-order chi connectivity index (χ1) is 8.84. The van der Waals surface area contributed by atoms with Gasteiger partial charge >= 0.3 is 0 Å². The second-order valence-electron chi connectivity index (χ2n) is 8.31. The number of hydrogen-bond acceptors (Lipinski definition) is 2. The maximum Gasteiger partial charge on any atom is 0.237 e. The summed E-state index contributed by atoms with van der Waals surface area (Å²) in [7, 11) is 0. The van der Waals surface area contributed by atoms with E-state index >= 15 is 0 Å². The molecule has 0 heterocycles. The SMILES string of the molecule is CC(C)(C)C(N)C(=O)NC1C2CC3CC(C2)CC1C3. The third-order valence-corrected chi connectivity index (χ3v) is 5.75. The van der Waals surface area contributed by atoms with E-state index in [1.165, 1.54) is 32.1 Å². The number of nitrogens with two attached hydrogens (primary N) is 1. The van der Waals surface area contributed by atoms with E-state index in [0.29, 0.717) is 6.04 Å². The van der Waals surface area contributed by atoms with Gasteiger partial charge in [0, 0.05) is 6.04 Å². The molecule has 0 aromatic carbocycles. The van der Waals surface area contributed by atoms with E-state index in [9.17, 15) is 4.79 Å². The molecular formula is C16H28N2O. The molecule has 3 nitrogen and oxygen atoms in total. The third kappa shape index (κ3) is 2.42. The van der Waals surface area contributed by atoms with E-state index in [1.807, 2.05) is 20.8 Å². The molecule has 0 spiro atoms. The quantitative estimate of drug-likeness (QED) is 0.804. The minimum absolute atomic E-state index is 0.0602. The Morgan fingerprint density at radius 1 is 1.05 bits per heavy atom. The predicted molar refractivity (Wildman–Crippen MR) is 76.4 cm³/mol. The summed E-state index contributed by atoms with van der Waals surface area (Å²) < 4.78 is 0. The summed E-state index contributed by atoms with van der Waals surface area (Å²) in [5, 5.41) is 3.30. The molecule has 0 aromatic heterocycles. The highest BCUT2D eigenvalue weighted by Gasteiger charge is 2.49. The van der Waals surface area contributed by atoms with E-state index < -0.39 is 6.04 Å². The fourth-order valence-electron chi connectivity index (χ4n) is 4.81. The van der Waals surface area contributed by atoms with Crippen LogP contribution < -0.4 is 11.1 Å². The summed E-state index contributed by atoms with van der Waals surface area (Å²) in [6.07, 6.45) is 6.80. The summed E-state index contributed by atoms with van der Waals surface area (Å²) in [4.78, 5) is 12.3. The van der Waals surface area contributed by atoms with Crippen molar-refractivity contribution in [3.05, 3.63) is 0 Å². The molecule has 1 unspecified atom stereocenters. The number of hydrogen-bond donors (Lipinski definition) is 2. The Balaban J connectivity index is 1.66. The van der Waals surface area contributed by atoms with Crippen LogP contribution in [0.3, 0.4) is 0 Å². The molecular weight excluding hydrogens is 236 g/mol. The molecule has 3 N–H and O–H groups in total. The zero-order valence-corrected chi connectivity index (χ0v) is 12.5. The van der Waals surface area contributed by atoms with Gasteiger partial charge in [-0.3, -0.25) is 4.79 Å². The molecule has 108 valence electrons. The highest BCUT2D eigenvalue weighted by molar-refractivity contribution is 5.82. The molecule has 19 heavy (non-hydrogen) atoms. The predicted octanol–water partition coefficient (Wildman–Crippen LogP) is 2.30. The van der Waals surface area contributed by atoms with Crippen molar-refractivity contribution in [2.24, 2.45) is 34.8 Å². The minimum atomic E-state index is -0.398. The lowest BCUT2D eigenvalue weighted by molar-refractivity contribution is -0.128. The first-order valence-corrected chi connectivity index (χ1v) is 7.90. The first kappa shape index (κ1) is 13.4. The lowest BCUT2D eigenvalue weighted by atomic mass is 9.54. The van der Waals surface area contributed by atoms with E-state index in [-0.39, 0.29) is 11.3 Å². The molecule has 4 saturated carbocycles. The summed E-state index contributed by atoms with van der Waals surface area (Å²) in [6, 6.07) is 0.0124. The number of carbonyl (C=O) groups excluding carboxylic acids is 1. The Hall–Kier alpha value is -0.570. The standard InChI is InChI=1S/C16H28N2O/c1-16(2,3)14(17)15(19)18-13-11-5-9-4-10(7-11)8-12(13)6-9/h9-14H,4-8,17H2,1-3H3,(H,18,19). The molecule has 0 aliphatic heterocycles. The third-order valence-electron chi connectivity index (χ3n) is 5.75. The van der Waals surface area contributed by atoms with Crippen molar-refractivity contribution >= 4 is 5.91 Å². The highest BCUT2D eigenvalue weighted by Crippen LogP contribution is 2.53. The lowest BCUT2D eigenvalue weighted by Crippen LogP contribution is -2.59. The van der Waals surface area contributed by atoms with Gasteiger partial charge in [-0.05, 0) is 61.2 Å². The summed E-state index contributed by atoms with van der Waals surface area (Å²) in [6.45, 7) is 6.11. The van der Waals surface area contributed by atoms with E-state index in [1.54, 1.807) is 0 Å². The van der Waals surface area contributed by atoms with Crippen molar-refractivity contribution in [2.45, 2.75) is 65.0 Å². The van der Waals surface area contributed by atoms with Crippen LogP contribution in [0.4, 0.5) is 0 Å². The second-order valence-corrected chi connectivity index (χ2v) is 8.31. The number of rotatable bonds is 2. The Bertz CT molecular complexity index is 343. The molecule has 4 bridgehead atoms. The number of amides is 1. The molecule has 0 saturated heterocycles. The van der Waals surface area contributed by atoms with Crippen molar-refractivity contribution in [1.29, 1.82) is 0 Å². The van der Waals surface area contributed by atoms with E-state index in [4.69, 9.17) is 5.73 Å². The van der Waals surface area contributed by atoms with Crippen LogP contribution in [-0.2, 0) is 4.79 Å². The largest absolute Gasteiger partial charge is 0.351 e. The van der Waals surface area contributed by atoms with Crippen LogP contribution in [0.5, 0.6) is 0 Å². The summed E-state index contributed by atoms with van der Waals surface area (Å²) in [5.74, 6) is 3.42. The monoisotopic (exact) mass is 264 g/mol. The van der Waals surface area contributed by atoms with Gasteiger partial charge in [-0.2, -0.15) is 0 Å². The molecule has 1 atom stereocenters. The molecule has 1 amide bonds. The summed E-state index contributed by atoms with van der Waals surface area (Å²) in [5.41, 5.74) is 5.93. The number of nitrogens with one attached hydrogen (secondary N) is 1. The van der Waals surface area contributed by atoms with E-state index in [0.717, 1.165) is 23.7 Å². The van der Waals surface area contributed by atoms with Crippen molar-refractivity contribution in [3.63, 3.8) is 0 Å². The molecule has 0 radical (unpaired) electrons. The Morgan fingerprint density at radius 3 is 1.95 bits per heavy atom. The van der Waals surface area contributed by atoms with Gasteiger partial charge in [0.1, 0.15) is 0 Å². The molecule has 4 rings (SSSR count). The fraction of sp³-hybridized carbons (Fsp3) is 0.938. The van der Waals surface area contributed by atoms with Gasteiger partial charge in [0.15, 0.2) is 0 Å². The first-order valence-electron chi connectivity index (χ1n) is 7.90. The van der Waals surface area contributed by atoms with Crippen molar-refractivity contribution in [1.82, 2.24) is 5.32 Å². The van der Waals surface area contributed by atoms with Crippen LogP contribution in [0, 0.1) is 29.1 Å². The van der Waals surface area contributed by atoms with Gasteiger partial charge in [0.05, 0.1) is 6.04 Å². The van der Waals surface area contributed by atoms with Crippen LogP contribution in [0.25, 0.3) is 0 Å². The average Bonchev–Trinajstić information content (AvgIpc) is 2.30. The minimum Gasteiger partial charge on any atom is -0.351 e. The van der Waals surface area contributed by atoms with Crippen LogP contribution in [-0.4, -0.2) is 18.0 Å². The number of carbonyl (C=O) groups is 1. The fourth-order valence-corrected chi connectivity index (χ4v) is 4.81. The average molecular weight is 264 g/mol. The Kier molecular flexibility index (Phi) is 3.16. The molecule has 3 heteroatoms. The van der Waals surface area contributed by atoms with Crippen LogP contribution in [0.15, 0.2) is 0 Å². The maximum absolute atomic E-state index is 12.3.